The summed E-state index contributed by atoms with van der Waals surface area (Å²) >= 11 is 0. The fourth-order valence-electron chi connectivity index (χ4n) is 4.59. The van der Waals surface area contributed by atoms with Crippen LogP contribution in [0.5, 0.6) is 0 Å². The Morgan fingerprint density at radius 3 is 1.82 bits per heavy atom. The Balaban J connectivity index is 4.13. The third-order valence-electron chi connectivity index (χ3n) is 7.16. The topological polar surface area (TPSA) is 92.7 Å². The van der Waals surface area contributed by atoms with E-state index in [9.17, 15) is 14.4 Å². The van der Waals surface area contributed by atoms with Crippen LogP contribution in [0.3, 0.4) is 0 Å². The molecule has 0 heterocycles. The van der Waals surface area contributed by atoms with Gasteiger partial charge in [-0.15, -0.1) is 0 Å². The normalized spacial score (nSPS) is 12.8. The number of rotatable bonds is 30. The second kappa shape index (κ2) is 33.0. The first-order valence-electron chi connectivity index (χ1n) is 17.4. The smallest absolute Gasteiger partial charge is 0.322 e. The summed E-state index contributed by atoms with van der Waals surface area (Å²) in [6.45, 7) is 4.03. The van der Waals surface area contributed by atoms with Crippen LogP contribution in [0.4, 0.5) is 0 Å². The largest absolute Gasteiger partial charge is 0.480 e. The third kappa shape index (κ3) is 32.0. The summed E-state index contributed by atoms with van der Waals surface area (Å²) in [7, 11) is 0. The van der Waals surface area contributed by atoms with E-state index in [1.807, 2.05) is 0 Å². The summed E-state index contributed by atoms with van der Waals surface area (Å²) in [4.78, 5) is 34.7. The first kappa shape index (κ1) is 41.1. The number of allylic oxidation sites excluding steroid dienone is 9. The van der Waals surface area contributed by atoms with Gasteiger partial charge in [0, 0.05) is 12.8 Å². The van der Waals surface area contributed by atoms with Gasteiger partial charge in [0.05, 0.1) is 0 Å². The number of carbonyl (C=O) groups is 3. The molecule has 0 aliphatic heterocycles. The molecule has 2 N–H and O–H groups in total. The summed E-state index contributed by atoms with van der Waals surface area (Å²) in [6, 6.07) is 0. The maximum absolute atomic E-state index is 12.5. The Morgan fingerprint density at radius 1 is 0.636 bits per heavy atom. The highest BCUT2D eigenvalue weighted by atomic mass is 16.5. The number of carbonyl (C=O) groups excluding carboxylic acids is 2. The molecule has 0 aliphatic carbocycles. The van der Waals surface area contributed by atoms with E-state index in [2.05, 4.69) is 79.9 Å². The van der Waals surface area contributed by atoms with Crippen molar-refractivity contribution in [2.24, 2.45) is 0 Å². The lowest BCUT2D eigenvalue weighted by Crippen LogP contribution is -2.28. The second-order valence-corrected chi connectivity index (χ2v) is 11.4. The highest BCUT2D eigenvalue weighted by Gasteiger charge is 2.11. The summed E-state index contributed by atoms with van der Waals surface area (Å²) < 4.78 is 5.84. The molecule has 44 heavy (non-hydrogen) atoms. The predicted molar refractivity (Wildman–Crippen MR) is 185 cm³/mol. The number of carboxylic acid groups (broad SMARTS) is 1. The zero-order valence-electron chi connectivity index (χ0n) is 28.0. The Labute approximate surface area is 269 Å². The van der Waals surface area contributed by atoms with E-state index in [1.165, 1.54) is 19.3 Å². The van der Waals surface area contributed by atoms with Gasteiger partial charge in [-0.25, -0.2) is 0 Å². The van der Waals surface area contributed by atoms with Gasteiger partial charge in [-0.05, 0) is 83.1 Å². The summed E-state index contributed by atoms with van der Waals surface area (Å²) in [5.74, 6) is -1.37. The van der Waals surface area contributed by atoms with Crippen molar-refractivity contribution in [3.05, 3.63) is 60.8 Å². The van der Waals surface area contributed by atoms with Gasteiger partial charge in [0.2, 0.25) is 5.91 Å². The molecule has 6 heteroatoms. The van der Waals surface area contributed by atoms with E-state index in [1.54, 1.807) is 0 Å². The SMILES string of the molecule is CC/C=C\C/C=C\C/C=C\C/C=C\CCCCCCC(=O)OC(/C=C\CCCCCC)CCCCCCC(=O)NCC(=O)O. The summed E-state index contributed by atoms with van der Waals surface area (Å²) in [6.07, 6.45) is 42.1. The van der Waals surface area contributed by atoms with Crippen molar-refractivity contribution in [3.63, 3.8) is 0 Å². The van der Waals surface area contributed by atoms with Crippen molar-refractivity contribution in [2.75, 3.05) is 6.54 Å². The molecular weight excluding hydrogens is 550 g/mol. The van der Waals surface area contributed by atoms with E-state index >= 15 is 0 Å². The highest BCUT2D eigenvalue weighted by Crippen LogP contribution is 2.14. The molecule has 0 saturated heterocycles. The van der Waals surface area contributed by atoms with Crippen molar-refractivity contribution >= 4 is 17.8 Å². The fraction of sp³-hybridized carbons (Fsp3) is 0.658. The molecule has 0 rings (SSSR count). The second-order valence-electron chi connectivity index (χ2n) is 11.4. The third-order valence-corrected chi connectivity index (χ3v) is 7.16. The first-order valence-corrected chi connectivity index (χ1v) is 17.4. The fourth-order valence-corrected chi connectivity index (χ4v) is 4.59. The lowest BCUT2D eigenvalue weighted by molar-refractivity contribution is -0.147. The molecule has 1 amide bonds. The number of nitrogens with one attached hydrogen (secondary N) is 1. The maximum atomic E-state index is 12.5. The zero-order valence-corrected chi connectivity index (χ0v) is 28.0. The lowest BCUT2D eigenvalue weighted by atomic mass is 10.1. The maximum Gasteiger partial charge on any atom is 0.322 e. The van der Waals surface area contributed by atoms with Crippen LogP contribution in [-0.2, 0) is 19.1 Å². The van der Waals surface area contributed by atoms with Gasteiger partial charge in [-0.2, -0.15) is 0 Å². The number of aliphatic carboxylic acids is 1. The van der Waals surface area contributed by atoms with Gasteiger partial charge in [0.1, 0.15) is 12.6 Å². The molecule has 0 aromatic rings. The van der Waals surface area contributed by atoms with E-state index in [0.717, 1.165) is 103 Å². The molecule has 0 aromatic heterocycles. The minimum Gasteiger partial charge on any atom is -0.480 e. The summed E-state index contributed by atoms with van der Waals surface area (Å²) in [5, 5.41) is 11.0. The van der Waals surface area contributed by atoms with Crippen molar-refractivity contribution < 1.29 is 24.2 Å². The van der Waals surface area contributed by atoms with Crippen LogP contribution in [0.15, 0.2) is 60.8 Å². The van der Waals surface area contributed by atoms with Crippen molar-refractivity contribution in [1.82, 2.24) is 5.32 Å². The standard InChI is InChI=1S/C38H63NO5/c1-3-5-7-9-11-12-13-14-15-16-17-18-19-20-21-23-29-33-38(43)44-35(30-26-22-10-8-6-4-2)31-27-24-25-28-32-36(40)39-34-37(41)42/h5,7,11-12,14-15,17-18,26,30,35H,3-4,6,8-10,13,16,19-25,27-29,31-34H2,1-2H3,(H,39,40)(H,41,42)/b7-5-,12-11-,15-14-,18-17-,30-26-. The van der Waals surface area contributed by atoms with Gasteiger partial charge in [0.15, 0.2) is 0 Å². The van der Waals surface area contributed by atoms with Crippen LogP contribution in [0, 0.1) is 0 Å². The number of amides is 1. The zero-order chi connectivity index (χ0) is 32.4. The Bertz CT molecular complexity index is 855. The van der Waals surface area contributed by atoms with E-state index in [0.29, 0.717) is 12.8 Å². The molecule has 0 aromatic carbocycles. The van der Waals surface area contributed by atoms with E-state index in [-0.39, 0.29) is 24.5 Å². The van der Waals surface area contributed by atoms with Crippen LogP contribution < -0.4 is 5.32 Å². The molecular formula is C38H63NO5. The molecule has 1 unspecified atom stereocenters. The number of ether oxygens (including phenoxy) is 1. The molecule has 250 valence electrons. The average Bonchev–Trinajstić information content (AvgIpc) is 3.00. The Morgan fingerprint density at radius 2 is 1.18 bits per heavy atom. The van der Waals surface area contributed by atoms with Crippen LogP contribution in [0.1, 0.15) is 149 Å². The lowest BCUT2D eigenvalue weighted by Gasteiger charge is -2.15. The van der Waals surface area contributed by atoms with E-state index < -0.39 is 5.97 Å². The molecule has 0 bridgehead atoms. The number of unbranched alkanes of at least 4 members (excludes halogenated alkanes) is 11. The van der Waals surface area contributed by atoms with Crippen molar-refractivity contribution in [1.29, 1.82) is 0 Å². The van der Waals surface area contributed by atoms with Gasteiger partial charge in [0.25, 0.3) is 0 Å². The molecule has 0 fully saturated rings. The molecule has 0 saturated carbocycles. The number of esters is 1. The molecule has 0 radical (unpaired) electrons. The van der Waals surface area contributed by atoms with Gasteiger partial charge >= 0.3 is 11.9 Å². The average molecular weight is 614 g/mol. The number of hydrogen-bond donors (Lipinski definition) is 2. The predicted octanol–water partition coefficient (Wildman–Crippen LogP) is 10.1. The van der Waals surface area contributed by atoms with Gasteiger partial charge < -0.3 is 15.2 Å². The minimum atomic E-state index is -1.03. The van der Waals surface area contributed by atoms with Crippen LogP contribution in [0.25, 0.3) is 0 Å². The molecule has 6 nitrogen and oxygen atoms in total. The first-order chi connectivity index (χ1) is 21.5. The number of carboxylic acids is 1. The minimum absolute atomic E-state index is 0.111. The van der Waals surface area contributed by atoms with Crippen molar-refractivity contribution in [3.8, 4) is 0 Å². The molecule has 1 atom stereocenters. The van der Waals surface area contributed by atoms with Crippen LogP contribution in [0.2, 0.25) is 0 Å². The van der Waals surface area contributed by atoms with Gasteiger partial charge in [-0.1, -0.05) is 113 Å². The van der Waals surface area contributed by atoms with E-state index in [4.69, 9.17) is 9.84 Å². The Hall–Kier alpha value is -2.89. The molecule has 0 spiro atoms. The quantitative estimate of drug-likeness (QED) is 0.0478. The monoisotopic (exact) mass is 613 g/mol. The summed E-state index contributed by atoms with van der Waals surface area (Å²) in [5.41, 5.74) is 0. The molecule has 0 aliphatic rings. The van der Waals surface area contributed by atoms with Crippen LogP contribution in [-0.4, -0.2) is 35.6 Å². The van der Waals surface area contributed by atoms with Crippen LogP contribution >= 0.6 is 0 Å². The van der Waals surface area contributed by atoms with Crippen molar-refractivity contribution in [2.45, 2.75) is 155 Å². The van der Waals surface area contributed by atoms with Gasteiger partial charge in [-0.3, -0.25) is 14.4 Å². The highest BCUT2D eigenvalue weighted by molar-refractivity contribution is 5.80. The number of hydrogen-bond acceptors (Lipinski definition) is 4. The Kier molecular flexibility index (Phi) is 30.8.